The molecule has 0 aliphatic carbocycles. The molecule has 0 saturated heterocycles. The smallest absolute Gasteiger partial charge is 0.335 e. The normalized spacial score (nSPS) is 10.4. The van der Waals surface area contributed by atoms with Gasteiger partial charge in [0.25, 0.3) is 5.89 Å². The third kappa shape index (κ3) is 3.54. The molecular formula is C13H14N2O4. The number of rotatable bonds is 6. The summed E-state index contributed by atoms with van der Waals surface area (Å²) in [4.78, 5) is 10.7. The molecule has 0 radical (unpaired) electrons. The zero-order valence-corrected chi connectivity index (χ0v) is 10.5. The standard InChI is InChI=1S/C13H14N2O4/c1-2-3-11-14-15-12(19-11)8-18-10-6-4-9(5-7-10)13(16)17/h4-7H,2-3,8H2,1H3,(H,16,17). The minimum atomic E-state index is -0.965. The van der Waals surface area contributed by atoms with E-state index < -0.39 is 5.97 Å². The monoisotopic (exact) mass is 262 g/mol. The van der Waals surface area contributed by atoms with Crippen LogP contribution in [0.15, 0.2) is 28.7 Å². The van der Waals surface area contributed by atoms with Crippen LogP contribution in [0.2, 0.25) is 0 Å². The third-order valence-corrected chi connectivity index (χ3v) is 2.44. The van der Waals surface area contributed by atoms with Crippen LogP contribution in [0.4, 0.5) is 0 Å². The Hall–Kier alpha value is -2.37. The fraction of sp³-hybridized carbons (Fsp3) is 0.308. The van der Waals surface area contributed by atoms with Gasteiger partial charge in [-0.05, 0) is 30.7 Å². The maximum atomic E-state index is 10.7. The van der Waals surface area contributed by atoms with E-state index in [9.17, 15) is 4.79 Å². The van der Waals surface area contributed by atoms with Gasteiger partial charge in [-0.15, -0.1) is 10.2 Å². The number of nitrogens with zero attached hydrogens (tertiary/aromatic N) is 2. The molecule has 0 amide bonds. The van der Waals surface area contributed by atoms with E-state index in [1.165, 1.54) is 12.1 Å². The molecule has 1 N–H and O–H groups in total. The molecule has 1 aromatic heterocycles. The Kier molecular flexibility index (Phi) is 4.12. The van der Waals surface area contributed by atoms with Gasteiger partial charge in [-0.2, -0.15) is 0 Å². The first-order valence-corrected chi connectivity index (χ1v) is 5.96. The second-order valence-corrected chi connectivity index (χ2v) is 3.96. The lowest BCUT2D eigenvalue weighted by molar-refractivity contribution is 0.0697. The SMILES string of the molecule is CCCc1nnc(COc2ccc(C(=O)O)cc2)o1. The van der Waals surface area contributed by atoms with Gasteiger partial charge in [-0.3, -0.25) is 0 Å². The largest absolute Gasteiger partial charge is 0.484 e. The summed E-state index contributed by atoms with van der Waals surface area (Å²) in [5, 5.41) is 16.5. The molecule has 0 spiro atoms. The van der Waals surface area contributed by atoms with Crippen LogP contribution < -0.4 is 4.74 Å². The van der Waals surface area contributed by atoms with E-state index in [0.717, 1.165) is 12.8 Å². The average Bonchev–Trinajstić information content (AvgIpc) is 2.85. The van der Waals surface area contributed by atoms with Crippen LogP contribution >= 0.6 is 0 Å². The molecule has 0 unspecified atom stereocenters. The highest BCUT2D eigenvalue weighted by Crippen LogP contribution is 2.14. The number of carboxylic acid groups (broad SMARTS) is 1. The molecule has 0 atom stereocenters. The molecule has 0 aliphatic rings. The summed E-state index contributed by atoms with van der Waals surface area (Å²) in [5.74, 6) is 0.598. The van der Waals surface area contributed by atoms with Crippen molar-refractivity contribution >= 4 is 5.97 Å². The molecule has 6 nitrogen and oxygen atoms in total. The zero-order chi connectivity index (χ0) is 13.7. The van der Waals surface area contributed by atoms with Crippen molar-refractivity contribution in [1.29, 1.82) is 0 Å². The van der Waals surface area contributed by atoms with Gasteiger partial charge in [-0.1, -0.05) is 6.92 Å². The van der Waals surface area contributed by atoms with Crippen molar-refractivity contribution in [1.82, 2.24) is 10.2 Å². The number of aromatic carboxylic acids is 1. The first-order valence-electron chi connectivity index (χ1n) is 5.96. The summed E-state index contributed by atoms with van der Waals surface area (Å²) in [6.07, 6.45) is 1.69. The second kappa shape index (κ2) is 5.99. The Labute approximate surface area is 110 Å². The van der Waals surface area contributed by atoms with Crippen molar-refractivity contribution in [3.63, 3.8) is 0 Å². The number of ether oxygens (including phenoxy) is 1. The predicted molar refractivity (Wildman–Crippen MR) is 66.0 cm³/mol. The lowest BCUT2D eigenvalue weighted by Crippen LogP contribution is -1.98. The Bertz CT molecular complexity index is 548. The van der Waals surface area contributed by atoms with Crippen molar-refractivity contribution in [3.8, 4) is 5.75 Å². The van der Waals surface area contributed by atoms with E-state index in [0.29, 0.717) is 17.5 Å². The summed E-state index contributed by atoms with van der Waals surface area (Å²) in [5.41, 5.74) is 0.218. The van der Waals surface area contributed by atoms with E-state index in [1.807, 2.05) is 6.92 Å². The molecule has 1 heterocycles. The van der Waals surface area contributed by atoms with E-state index in [-0.39, 0.29) is 12.2 Å². The van der Waals surface area contributed by atoms with Crippen molar-refractivity contribution in [3.05, 3.63) is 41.6 Å². The molecule has 100 valence electrons. The van der Waals surface area contributed by atoms with Gasteiger partial charge in [0.2, 0.25) is 5.89 Å². The Morgan fingerprint density at radius 3 is 2.58 bits per heavy atom. The molecule has 0 bridgehead atoms. The summed E-state index contributed by atoms with van der Waals surface area (Å²) in [7, 11) is 0. The fourth-order valence-electron chi connectivity index (χ4n) is 1.50. The number of aromatic nitrogens is 2. The molecule has 19 heavy (non-hydrogen) atoms. The van der Waals surface area contributed by atoms with Gasteiger partial charge in [0.05, 0.1) is 5.56 Å². The number of hydrogen-bond donors (Lipinski definition) is 1. The van der Waals surface area contributed by atoms with E-state index in [1.54, 1.807) is 12.1 Å². The van der Waals surface area contributed by atoms with E-state index in [4.69, 9.17) is 14.3 Å². The molecule has 2 rings (SSSR count). The van der Waals surface area contributed by atoms with Crippen LogP contribution in [-0.2, 0) is 13.0 Å². The molecule has 0 saturated carbocycles. The van der Waals surface area contributed by atoms with Gasteiger partial charge in [0, 0.05) is 6.42 Å². The molecule has 1 aromatic carbocycles. The lowest BCUT2D eigenvalue weighted by atomic mass is 10.2. The summed E-state index contributed by atoms with van der Waals surface area (Å²) < 4.78 is 10.8. The van der Waals surface area contributed by atoms with Gasteiger partial charge in [0.15, 0.2) is 6.61 Å². The summed E-state index contributed by atoms with van der Waals surface area (Å²) in [6.45, 7) is 2.20. The minimum Gasteiger partial charge on any atom is -0.484 e. The predicted octanol–water partition coefficient (Wildman–Crippen LogP) is 2.30. The summed E-state index contributed by atoms with van der Waals surface area (Å²) in [6, 6.07) is 6.14. The Balaban J connectivity index is 1.92. The van der Waals surface area contributed by atoms with Crippen molar-refractivity contribution < 1.29 is 19.1 Å². The molecule has 0 fully saturated rings. The fourth-order valence-corrected chi connectivity index (χ4v) is 1.50. The van der Waals surface area contributed by atoms with Crippen molar-refractivity contribution in [2.24, 2.45) is 0 Å². The Morgan fingerprint density at radius 1 is 1.26 bits per heavy atom. The van der Waals surface area contributed by atoms with Gasteiger partial charge in [0.1, 0.15) is 5.75 Å². The molecule has 0 aliphatic heterocycles. The van der Waals surface area contributed by atoms with Crippen molar-refractivity contribution in [2.45, 2.75) is 26.4 Å². The first kappa shape index (κ1) is 13.1. The maximum absolute atomic E-state index is 10.7. The van der Waals surface area contributed by atoms with Crippen LogP contribution in [0.3, 0.4) is 0 Å². The number of aryl methyl sites for hydroxylation is 1. The highest BCUT2D eigenvalue weighted by atomic mass is 16.5. The summed E-state index contributed by atoms with van der Waals surface area (Å²) >= 11 is 0. The first-order chi connectivity index (χ1) is 9.19. The second-order valence-electron chi connectivity index (χ2n) is 3.96. The van der Waals surface area contributed by atoms with Crippen LogP contribution in [0.5, 0.6) is 5.75 Å². The minimum absolute atomic E-state index is 0.170. The number of carbonyl (C=O) groups is 1. The van der Waals surface area contributed by atoms with Gasteiger partial charge >= 0.3 is 5.97 Å². The average molecular weight is 262 g/mol. The van der Waals surface area contributed by atoms with Crippen molar-refractivity contribution in [2.75, 3.05) is 0 Å². The topological polar surface area (TPSA) is 85.5 Å². The lowest BCUT2D eigenvalue weighted by Gasteiger charge is -2.03. The van der Waals surface area contributed by atoms with Crippen LogP contribution in [0, 0.1) is 0 Å². The number of carboxylic acids is 1. The number of hydrogen-bond acceptors (Lipinski definition) is 5. The maximum Gasteiger partial charge on any atom is 0.335 e. The number of benzene rings is 1. The van der Waals surface area contributed by atoms with Crippen LogP contribution in [0.25, 0.3) is 0 Å². The highest BCUT2D eigenvalue weighted by Gasteiger charge is 2.06. The Morgan fingerprint density at radius 2 is 1.95 bits per heavy atom. The van der Waals surface area contributed by atoms with Crippen LogP contribution in [-0.4, -0.2) is 21.3 Å². The third-order valence-electron chi connectivity index (χ3n) is 2.44. The van der Waals surface area contributed by atoms with Gasteiger partial charge in [-0.25, -0.2) is 4.79 Å². The molecule has 6 heteroatoms. The van der Waals surface area contributed by atoms with Gasteiger partial charge < -0.3 is 14.3 Å². The highest BCUT2D eigenvalue weighted by molar-refractivity contribution is 5.87. The zero-order valence-electron chi connectivity index (χ0n) is 10.5. The van der Waals surface area contributed by atoms with E-state index in [2.05, 4.69) is 10.2 Å². The quantitative estimate of drug-likeness (QED) is 0.859. The molecule has 2 aromatic rings. The molecular weight excluding hydrogens is 248 g/mol. The van der Waals surface area contributed by atoms with E-state index >= 15 is 0 Å². The van der Waals surface area contributed by atoms with Crippen LogP contribution in [0.1, 0.15) is 35.5 Å².